The molecule has 1 aliphatic carbocycles. The number of fused-ring (bicyclic) bond motifs is 1. The quantitative estimate of drug-likeness (QED) is 0.451. The number of hydrogen-bond acceptors (Lipinski definition) is 2. The van der Waals surface area contributed by atoms with Crippen molar-refractivity contribution in [3.05, 3.63) is 0 Å². The van der Waals surface area contributed by atoms with Gasteiger partial charge in [0.25, 0.3) is 0 Å². The Hall–Kier alpha value is -0.305. The largest absolute Gasteiger partial charge is 0.363 e. The topological polar surface area (TPSA) is 29.6 Å². The van der Waals surface area contributed by atoms with Crippen molar-refractivity contribution in [3.63, 3.8) is 0 Å². The van der Waals surface area contributed by atoms with Gasteiger partial charge in [-0.25, -0.2) is 0 Å². The molecule has 1 aliphatic heterocycles. The number of hydrogen-bond donors (Lipinski definition) is 0. The van der Waals surface area contributed by atoms with Crippen LogP contribution in [0.1, 0.15) is 40.0 Å². The number of ketones is 1. The number of Topliss-reactive ketones (excluding diaryl/α,β-unsaturated/α-hetero) is 1. The molecule has 3 heteroatoms. The zero-order chi connectivity index (χ0) is 9.91. The molecule has 3 unspecified atom stereocenters. The number of carbonyl (C=O) groups excluding carboxylic acids is 1. The van der Waals surface area contributed by atoms with E-state index in [0.29, 0.717) is 6.42 Å². The van der Waals surface area contributed by atoms with Crippen LogP contribution in [0.15, 0.2) is 0 Å². The zero-order valence-electron chi connectivity index (χ0n) is 8.52. The second-order valence-corrected chi connectivity index (χ2v) is 4.95. The van der Waals surface area contributed by atoms with Crippen LogP contribution in [0.25, 0.3) is 0 Å². The van der Waals surface area contributed by atoms with E-state index in [4.69, 9.17) is 12.6 Å². The Morgan fingerprint density at radius 1 is 1.31 bits per heavy atom. The average Bonchev–Trinajstić information content (AvgIpc) is 2.52. The van der Waals surface area contributed by atoms with Gasteiger partial charge in [-0.3, -0.25) is 0 Å². The van der Waals surface area contributed by atoms with Crippen molar-refractivity contribution in [2.24, 2.45) is 0 Å². The van der Waals surface area contributed by atoms with Crippen molar-refractivity contribution in [3.8, 4) is 0 Å². The molecule has 1 heterocycles. The fraction of sp³-hybridized carbons (Fsp3) is 0.900. The molecule has 1 saturated carbocycles. The maximum atomic E-state index is 11.4. The Morgan fingerprint density at radius 3 is 2.38 bits per heavy atom. The lowest BCUT2D eigenvalue weighted by molar-refractivity contribution is -0.120. The van der Waals surface area contributed by atoms with Gasteiger partial charge in [0.2, 0.25) is 0 Å². The van der Waals surface area contributed by atoms with E-state index in [9.17, 15) is 4.79 Å². The molecule has 2 nitrogen and oxygen atoms in total. The lowest BCUT2D eigenvalue weighted by Gasteiger charge is -2.35. The molecule has 2 rings (SSSR count). The molecule has 0 aromatic rings. The van der Waals surface area contributed by atoms with Crippen LogP contribution in [-0.4, -0.2) is 24.8 Å². The van der Waals surface area contributed by atoms with Crippen molar-refractivity contribution in [2.75, 3.05) is 0 Å². The third-order valence-electron chi connectivity index (χ3n) is 3.93. The summed E-state index contributed by atoms with van der Waals surface area (Å²) in [5, 5.41) is -0.634. The van der Waals surface area contributed by atoms with Crippen LogP contribution in [0.2, 0.25) is 5.31 Å². The number of ether oxygens (including phenoxy) is 1. The maximum Gasteiger partial charge on any atom is 0.127 e. The Labute approximate surface area is 80.4 Å². The first-order chi connectivity index (χ1) is 5.81. The van der Waals surface area contributed by atoms with Crippen LogP contribution < -0.4 is 0 Å². The van der Waals surface area contributed by atoms with E-state index in [1.54, 1.807) is 6.92 Å². The van der Waals surface area contributed by atoms with Gasteiger partial charge in [0.15, 0.2) is 0 Å². The van der Waals surface area contributed by atoms with Crippen molar-refractivity contribution < 1.29 is 9.53 Å². The molecule has 2 radical (unpaired) electrons. The van der Waals surface area contributed by atoms with E-state index < -0.39 is 5.31 Å². The van der Waals surface area contributed by atoms with E-state index >= 15 is 0 Å². The van der Waals surface area contributed by atoms with Crippen LogP contribution in [0.5, 0.6) is 0 Å². The van der Waals surface area contributed by atoms with E-state index in [1.807, 2.05) is 0 Å². The lowest BCUT2D eigenvalue weighted by atomic mass is 9.54. The van der Waals surface area contributed by atoms with Crippen molar-refractivity contribution >= 4 is 13.6 Å². The molecule has 1 saturated heterocycles. The van der Waals surface area contributed by atoms with E-state index in [1.165, 1.54) is 0 Å². The molecule has 0 spiro atoms. The van der Waals surface area contributed by atoms with Gasteiger partial charge >= 0.3 is 0 Å². The molecule has 0 aromatic carbocycles. The smallest absolute Gasteiger partial charge is 0.127 e. The number of carbonyl (C=O) groups is 1. The summed E-state index contributed by atoms with van der Waals surface area (Å²) in [6, 6.07) is 0. The SMILES string of the molecule is [B]C1(C(C)=O)CCC2(C)OC2(C)C1. The van der Waals surface area contributed by atoms with Crippen molar-refractivity contribution in [1.29, 1.82) is 0 Å². The molecule has 2 fully saturated rings. The number of rotatable bonds is 1. The second kappa shape index (κ2) is 2.19. The fourth-order valence-corrected chi connectivity index (χ4v) is 2.46. The summed E-state index contributed by atoms with van der Waals surface area (Å²) in [5.74, 6) is 0.0891. The van der Waals surface area contributed by atoms with Gasteiger partial charge < -0.3 is 9.53 Å². The number of epoxide rings is 1. The molecule has 3 atom stereocenters. The lowest BCUT2D eigenvalue weighted by Crippen LogP contribution is -2.37. The first-order valence-electron chi connectivity index (χ1n) is 4.82. The average molecular weight is 178 g/mol. The predicted molar refractivity (Wildman–Crippen MR) is 50.9 cm³/mol. The van der Waals surface area contributed by atoms with Crippen LogP contribution >= 0.6 is 0 Å². The van der Waals surface area contributed by atoms with Gasteiger partial charge in [0.1, 0.15) is 5.78 Å². The minimum Gasteiger partial charge on any atom is -0.363 e. The van der Waals surface area contributed by atoms with Crippen LogP contribution in [0, 0.1) is 0 Å². The fourth-order valence-electron chi connectivity index (χ4n) is 2.46. The third kappa shape index (κ3) is 1.09. The maximum absolute atomic E-state index is 11.4. The highest BCUT2D eigenvalue weighted by atomic mass is 16.6. The predicted octanol–water partition coefficient (Wildman–Crippen LogP) is 1.63. The van der Waals surface area contributed by atoms with Gasteiger partial charge in [0.05, 0.1) is 19.0 Å². The van der Waals surface area contributed by atoms with Gasteiger partial charge in [-0.2, -0.15) is 0 Å². The van der Waals surface area contributed by atoms with Crippen molar-refractivity contribution in [2.45, 2.75) is 56.6 Å². The Morgan fingerprint density at radius 2 is 1.92 bits per heavy atom. The van der Waals surface area contributed by atoms with E-state index in [-0.39, 0.29) is 17.0 Å². The summed E-state index contributed by atoms with van der Waals surface area (Å²) in [6.07, 6.45) is 2.33. The minimum absolute atomic E-state index is 0.00861. The molecule has 13 heavy (non-hydrogen) atoms. The summed E-state index contributed by atoms with van der Waals surface area (Å²) >= 11 is 0. The molecule has 0 amide bonds. The third-order valence-corrected chi connectivity index (χ3v) is 3.93. The Bertz CT molecular complexity index is 278. The van der Waals surface area contributed by atoms with Gasteiger partial charge in [0, 0.05) is 0 Å². The molecule has 0 bridgehead atoms. The molecule has 70 valence electrons. The summed E-state index contributed by atoms with van der Waals surface area (Å²) < 4.78 is 5.67. The summed E-state index contributed by atoms with van der Waals surface area (Å²) in [5.41, 5.74) is -0.156. The van der Waals surface area contributed by atoms with Crippen molar-refractivity contribution in [1.82, 2.24) is 0 Å². The first kappa shape index (κ1) is 9.26. The van der Waals surface area contributed by atoms with Crippen LogP contribution in [0.4, 0.5) is 0 Å². The van der Waals surface area contributed by atoms with E-state index in [2.05, 4.69) is 13.8 Å². The highest BCUT2D eigenvalue weighted by Gasteiger charge is 2.67. The highest BCUT2D eigenvalue weighted by Crippen LogP contribution is 2.63. The standard InChI is InChI=1S/C10H15BO2/c1-7(12)10(11)5-4-8(2)9(3,6-10)13-8/h4-6H2,1-3H3. The molecule has 2 aliphatic rings. The first-order valence-corrected chi connectivity index (χ1v) is 4.82. The summed E-state index contributed by atoms with van der Waals surface area (Å²) in [6.45, 7) is 5.73. The summed E-state index contributed by atoms with van der Waals surface area (Å²) in [7, 11) is 6.03. The van der Waals surface area contributed by atoms with Gasteiger partial charge in [-0.1, -0.05) is 0 Å². The van der Waals surface area contributed by atoms with Crippen LogP contribution in [-0.2, 0) is 9.53 Å². The molecule has 0 aromatic heterocycles. The summed E-state index contributed by atoms with van der Waals surface area (Å²) in [4.78, 5) is 11.4. The second-order valence-electron chi connectivity index (χ2n) is 4.95. The molecular formula is C10H15BO2. The van der Waals surface area contributed by atoms with Gasteiger partial charge in [-0.15, -0.1) is 0 Å². The van der Waals surface area contributed by atoms with Crippen LogP contribution in [0.3, 0.4) is 0 Å². The molecular weight excluding hydrogens is 163 g/mol. The normalized spacial score (nSPS) is 54.1. The van der Waals surface area contributed by atoms with Gasteiger partial charge in [-0.05, 0) is 45.3 Å². The highest BCUT2D eigenvalue weighted by molar-refractivity contribution is 6.28. The zero-order valence-corrected chi connectivity index (χ0v) is 8.52. The Balaban J connectivity index is 2.20. The molecule has 0 N–H and O–H groups in total. The van der Waals surface area contributed by atoms with E-state index in [0.717, 1.165) is 12.8 Å². The Kier molecular flexibility index (Phi) is 1.56. The minimum atomic E-state index is -0.634. The monoisotopic (exact) mass is 178 g/mol.